The van der Waals surface area contributed by atoms with Gasteiger partial charge in [-0.25, -0.2) is 4.39 Å². The highest BCUT2D eigenvalue weighted by Gasteiger charge is 2.06. The zero-order valence-electron chi connectivity index (χ0n) is 10.4. The van der Waals surface area contributed by atoms with Crippen LogP contribution in [0.5, 0.6) is 0 Å². The second kappa shape index (κ2) is 7.89. The van der Waals surface area contributed by atoms with Crippen LogP contribution in [0.4, 0.5) is 4.39 Å². The number of aliphatic hydroxyl groups excluding tert-OH is 1. The molecule has 2 rings (SSSR count). The maximum atomic E-state index is 12.7. The SMILES string of the molecule is Cl.O[C@H](CNCc1ccccc1)c1ccc(F)cc1. The third-order valence-electron chi connectivity index (χ3n) is 2.76. The number of hydrogen-bond acceptors (Lipinski definition) is 2. The van der Waals surface area contributed by atoms with Crippen molar-refractivity contribution in [3.05, 3.63) is 71.5 Å². The number of hydrogen-bond donors (Lipinski definition) is 2. The first-order valence-corrected chi connectivity index (χ1v) is 5.94. The fourth-order valence-electron chi connectivity index (χ4n) is 1.75. The lowest BCUT2D eigenvalue weighted by Gasteiger charge is -2.12. The lowest BCUT2D eigenvalue weighted by molar-refractivity contribution is 0.174. The van der Waals surface area contributed by atoms with E-state index >= 15 is 0 Å². The van der Waals surface area contributed by atoms with Crippen molar-refractivity contribution in [3.63, 3.8) is 0 Å². The number of aliphatic hydroxyl groups is 1. The van der Waals surface area contributed by atoms with E-state index in [0.717, 1.165) is 5.56 Å². The van der Waals surface area contributed by atoms with Crippen molar-refractivity contribution in [2.45, 2.75) is 12.6 Å². The summed E-state index contributed by atoms with van der Waals surface area (Å²) in [5.74, 6) is -0.289. The van der Waals surface area contributed by atoms with Crippen LogP contribution in [0.15, 0.2) is 54.6 Å². The molecule has 2 nitrogen and oxygen atoms in total. The minimum atomic E-state index is -0.616. The highest BCUT2D eigenvalue weighted by molar-refractivity contribution is 5.85. The largest absolute Gasteiger partial charge is 0.387 e. The molecule has 0 aliphatic carbocycles. The molecule has 0 spiro atoms. The van der Waals surface area contributed by atoms with Gasteiger partial charge >= 0.3 is 0 Å². The average Bonchev–Trinajstić information content (AvgIpc) is 2.40. The third-order valence-corrected chi connectivity index (χ3v) is 2.76. The van der Waals surface area contributed by atoms with Crippen LogP contribution in [-0.4, -0.2) is 11.7 Å². The van der Waals surface area contributed by atoms with Crippen molar-refractivity contribution in [2.75, 3.05) is 6.54 Å². The zero-order chi connectivity index (χ0) is 12.8. The van der Waals surface area contributed by atoms with E-state index in [1.54, 1.807) is 12.1 Å². The molecule has 0 aliphatic heterocycles. The van der Waals surface area contributed by atoms with E-state index in [4.69, 9.17) is 0 Å². The summed E-state index contributed by atoms with van der Waals surface area (Å²) in [6.45, 7) is 1.15. The van der Waals surface area contributed by atoms with Crippen molar-refractivity contribution >= 4 is 12.4 Å². The fraction of sp³-hybridized carbons (Fsp3) is 0.200. The average molecular weight is 282 g/mol. The highest BCUT2D eigenvalue weighted by atomic mass is 35.5. The van der Waals surface area contributed by atoms with E-state index in [1.807, 2.05) is 30.3 Å². The van der Waals surface area contributed by atoms with Gasteiger partial charge in [-0.3, -0.25) is 0 Å². The van der Waals surface area contributed by atoms with E-state index < -0.39 is 6.10 Å². The molecular weight excluding hydrogens is 265 g/mol. The normalized spacial score (nSPS) is 11.7. The van der Waals surface area contributed by atoms with Crippen molar-refractivity contribution in [1.82, 2.24) is 5.32 Å². The third kappa shape index (κ3) is 4.99. The molecule has 0 saturated carbocycles. The quantitative estimate of drug-likeness (QED) is 0.883. The molecular formula is C15H17ClFNO. The molecule has 0 bridgehead atoms. The first kappa shape index (κ1) is 15.6. The topological polar surface area (TPSA) is 32.3 Å². The molecule has 0 unspecified atom stereocenters. The van der Waals surface area contributed by atoms with Crippen LogP contribution in [0, 0.1) is 5.82 Å². The van der Waals surface area contributed by atoms with Crippen molar-refractivity contribution < 1.29 is 9.50 Å². The molecule has 2 aromatic carbocycles. The number of halogens is 2. The minimum absolute atomic E-state index is 0. The van der Waals surface area contributed by atoms with Gasteiger partial charge in [0.25, 0.3) is 0 Å². The molecule has 0 radical (unpaired) electrons. The Morgan fingerprint density at radius 3 is 2.26 bits per heavy atom. The Labute approximate surface area is 118 Å². The Balaban J connectivity index is 0.00000180. The summed E-state index contributed by atoms with van der Waals surface area (Å²) >= 11 is 0. The number of benzene rings is 2. The Morgan fingerprint density at radius 1 is 1.00 bits per heavy atom. The van der Waals surface area contributed by atoms with E-state index in [9.17, 15) is 9.50 Å². The van der Waals surface area contributed by atoms with Crippen LogP contribution in [0.3, 0.4) is 0 Å². The van der Waals surface area contributed by atoms with Crippen LogP contribution in [0.2, 0.25) is 0 Å². The summed E-state index contributed by atoms with van der Waals surface area (Å²) < 4.78 is 12.7. The molecule has 0 amide bonds. The van der Waals surface area contributed by atoms with E-state index in [-0.39, 0.29) is 18.2 Å². The maximum Gasteiger partial charge on any atom is 0.123 e. The monoisotopic (exact) mass is 281 g/mol. The lowest BCUT2D eigenvalue weighted by atomic mass is 10.1. The van der Waals surface area contributed by atoms with Gasteiger partial charge in [-0.2, -0.15) is 0 Å². The summed E-state index contributed by atoms with van der Waals surface area (Å²) in [4.78, 5) is 0. The predicted octanol–water partition coefficient (Wildman–Crippen LogP) is 3.07. The van der Waals surface area contributed by atoms with Crippen molar-refractivity contribution in [2.24, 2.45) is 0 Å². The first-order valence-electron chi connectivity index (χ1n) is 5.94. The van der Waals surface area contributed by atoms with Gasteiger partial charge in [0.1, 0.15) is 5.82 Å². The molecule has 0 aliphatic rings. The second-order valence-electron chi connectivity index (χ2n) is 4.18. The van der Waals surface area contributed by atoms with Gasteiger partial charge < -0.3 is 10.4 Å². The summed E-state index contributed by atoms with van der Waals surface area (Å²) in [5, 5.41) is 13.1. The van der Waals surface area contributed by atoms with Crippen LogP contribution >= 0.6 is 12.4 Å². The molecule has 4 heteroatoms. The lowest BCUT2D eigenvalue weighted by Crippen LogP contribution is -2.21. The number of nitrogens with one attached hydrogen (secondary N) is 1. The second-order valence-corrected chi connectivity index (χ2v) is 4.18. The van der Waals surface area contributed by atoms with E-state index in [0.29, 0.717) is 13.1 Å². The molecule has 1 atom stereocenters. The standard InChI is InChI=1S/C15H16FNO.ClH/c16-14-8-6-13(7-9-14)15(18)11-17-10-12-4-2-1-3-5-12;/h1-9,15,17-18H,10-11H2;1H/t15-;/m1./s1. The van der Waals surface area contributed by atoms with Gasteiger partial charge in [0, 0.05) is 13.1 Å². The summed E-state index contributed by atoms with van der Waals surface area (Å²) in [6.07, 6.45) is -0.616. The van der Waals surface area contributed by atoms with Gasteiger partial charge in [0.15, 0.2) is 0 Å². The number of rotatable bonds is 5. The van der Waals surface area contributed by atoms with Crippen molar-refractivity contribution in [3.8, 4) is 0 Å². The molecule has 0 saturated heterocycles. The molecule has 19 heavy (non-hydrogen) atoms. The van der Waals surface area contributed by atoms with Crippen LogP contribution in [0.25, 0.3) is 0 Å². The van der Waals surface area contributed by atoms with Crippen LogP contribution in [0.1, 0.15) is 17.2 Å². The van der Waals surface area contributed by atoms with Gasteiger partial charge in [0.05, 0.1) is 6.10 Å². The molecule has 2 aromatic rings. The predicted molar refractivity (Wildman–Crippen MR) is 76.8 cm³/mol. The van der Waals surface area contributed by atoms with Gasteiger partial charge in [-0.15, -0.1) is 12.4 Å². The highest BCUT2D eigenvalue weighted by Crippen LogP contribution is 2.12. The van der Waals surface area contributed by atoms with E-state index in [2.05, 4.69) is 5.32 Å². The van der Waals surface area contributed by atoms with Crippen molar-refractivity contribution in [1.29, 1.82) is 0 Å². The fourth-order valence-corrected chi connectivity index (χ4v) is 1.75. The Hall–Kier alpha value is -1.42. The molecule has 102 valence electrons. The smallest absolute Gasteiger partial charge is 0.123 e. The summed E-state index contributed by atoms with van der Waals surface area (Å²) in [7, 11) is 0. The Kier molecular flexibility index (Phi) is 6.50. The molecule has 0 heterocycles. The Bertz CT molecular complexity index is 475. The van der Waals surface area contributed by atoms with Gasteiger partial charge in [0.2, 0.25) is 0 Å². The van der Waals surface area contributed by atoms with Gasteiger partial charge in [-0.05, 0) is 23.3 Å². The van der Waals surface area contributed by atoms with E-state index in [1.165, 1.54) is 17.7 Å². The molecule has 2 N–H and O–H groups in total. The first-order chi connectivity index (χ1) is 8.75. The zero-order valence-corrected chi connectivity index (χ0v) is 11.2. The molecule has 0 fully saturated rings. The summed E-state index contributed by atoms with van der Waals surface area (Å²) in [5.41, 5.74) is 1.89. The Morgan fingerprint density at radius 2 is 1.63 bits per heavy atom. The minimum Gasteiger partial charge on any atom is -0.387 e. The van der Waals surface area contributed by atoms with Crippen LogP contribution in [-0.2, 0) is 6.54 Å². The maximum absolute atomic E-state index is 12.7. The van der Waals surface area contributed by atoms with Gasteiger partial charge in [-0.1, -0.05) is 42.5 Å². The molecule has 0 aromatic heterocycles. The summed E-state index contributed by atoms with van der Waals surface area (Å²) in [6, 6.07) is 15.9. The van der Waals surface area contributed by atoms with Crippen LogP contribution < -0.4 is 5.32 Å².